The number of aromatic nitrogens is 2. The fourth-order valence-corrected chi connectivity index (χ4v) is 2.43. The predicted octanol–water partition coefficient (Wildman–Crippen LogP) is 4.35. The lowest BCUT2D eigenvalue weighted by Crippen LogP contribution is -2.12. The van der Waals surface area contributed by atoms with Gasteiger partial charge in [-0.15, -0.1) is 0 Å². The Kier molecular flexibility index (Phi) is 5.38. The van der Waals surface area contributed by atoms with Crippen LogP contribution in [0.4, 0.5) is 0 Å². The summed E-state index contributed by atoms with van der Waals surface area (Å²) in [6, 6.07) is 20.5. The SMILES string of the molecule is C(=C\c1ccccc1)/COC(Cn1ccnc1)c1ccccc1. The molecule has 2 aromatic carbocycles. The minimum atomic E-state index is 0.00539. The highest BCUT2D eigenvalue weighted by molar-refractivity contribution is 5.48. The molecule has 23 heavy (non-hydrogen) atoms. The zero-order valence-electron chi connectivity index (χ0n) is 13.0. The first-order valence-corrected chi connectivity index (χ1v) is 7.76. The first-order chi connectivity index (χ1) is 11.4. The van der Waals surface area contributed by atoms with Crippen LogP contribution in [0.2, 0.25) is 0 Å². The average Bonchev–Trinajstić information content (AvgIpc) is 3.12. The molecule has 0 aliphatic rings. The minimum Gasteiger partial charge on any atom is -0.368 e. The molecule has 1 heterocycles. The third-order valence-corrected chi connectivity index (χ3v) is 3.61. The van der Waals surface area contributed by atoms with Crippen LogP contribution in [0.3, 0.4) is 0 Å². The van der Waals surface area contributed by atoms with Crippen molar-refractivity contribution in [2.24, 2.45) is 0 Å². The van der Waals surface area contributed by atoms with E-state index in [4.69, 9.17) is 4.74 Å². The van der Waals surface area contributed by atoms with E-state index in [-0.39, 0.29) is 6.10 Å². The second-order valence-corrected chi connectivity index (χ2v) is 5.31. The largest absolute Gasteiger partial charge is 0.368 e. The molecule has 116 valence electrons. The van der Waals surface area contributed by atoms with Crippen LogP contribution in [-0.4, -0.2) is 16.2 Å². The van der Waals surface area contributed by atoms with Gasteiger partial charge in [0.1, 0.15) is 6.10 Å². The first-order valence-electron chi connectivity index (χ1n) is 7.76. The number of benzene rings is 2. The van der Waals surface area contributed by atoms with Crippen LogP contribution in [0.5, 0.6) is 0 Å². The third kappa shape index (κ3) is 4.66. The molecule has 3 aromatic rings. The fraction of sp³-hybridized carbons (Fsp3) is 0.150. The number of rotatable bonds is 7. The lowest BCUT2D eigenvalue weighted by molar-refractivity contribution is 0.0608. The molecule has 1 unspecified atom stereocenters. The molecule has 0 aliphatic carbocycles. The maximum Gasteiger partial charge on any atom is 0.101 e. The van der Waals surface area contributed by atoms with Gasteiger partial charge in [0.2, 0.25) is 0 Å². The molecule has 0 N–H and O–H groups in total. The van der Waals surface area contributed by atoms with Gasteiger partial charge < -0.3 is 9.30 Å². The van der Waals surface area contributed by atoms with Gasteiger partial charge in [0.15, 0.2) is 0 Å². The number of ether oxygens (including phenoxy) is 1. The zero-order valence-corrected chi connectivity index (χ0v) is 13.0. The number of imidazole rings is 1. The van der Waals surface area contributed by atoms with E-state index in [1.807, 2.05) is 53.5 Å². The van der Waals surface area contributed by atoms with E-state index in [1.165, 1.54) is 11.1 Å². The molecule has 0 amide bonds. The number of hydrogen-bond donors (Lipinski definition) is 0. The molecule has 1 aromatic heterocycles. The van der Waals surface area contributed by atoms with Crippen molar-refractivity contribution in [3.05, 3.63) is 96.6 Å². The standard InChI is InChI=1S/C20H20N2O/c1-3-8-18(9-4-1)10-7-15-23-20(16-22-14-13-21-17-22)19-11-5-2-6-12-19/h1-14,17,20H,15-16H2/b10-7+. The summed E-state index contributed by atoms with van der Waals surface area (Å²) in [6.45, 7) is 1.33. The Morgan fingerprint density at radius 2 is 1.74 bits per heavy atom. The van der Waals surface area contributed by atoms with Crippen LogP contribution in [0.1, 0.15) is 17.2 Å². The van der Waals surface area contributed by atoms with Crippen molar-refractivity contribution >= 4 is 6.08 Å². The fourth-order valence-electron chi connectivity index (χ4n) is 2.43. The Hall–Kier alpha value is -2.65. The average molecular weight is 304 g/mol. The molecule has 0 radical (unpaired) electrons. The smallest absolute Gasteiger partial charge is 0.101 e. The molecule has 0 aliphatic heterocycles. The lowest BCUT2D eigenvalue weighted by Gasteiger charge is -2.18. The van der Waals surface area contributed by atoms with Crippen molar-refractivity contribution in [3.63, 3.8) is 0 Å². The summed E-state index contributed by atoms with van der Waals surface area (Å²) in [5.41, 5.74) is 2.36. The van der Waals surface area contributed by atoms with E-state index in [0.29, 0.717) is 6.61 Å². The van der Waals surface area contributed by atoms with Crippen LogP contribution in [0.25, 0.3) is 6.08 Å². The summed E-state index contributed by atoms with van der Waals surface area (Å²) in [6.07, 6.45) is 9.71. The summed E-state index contributed by atoms with van der Waals surface area (Å²) in [4.78, 5) is 4.10. The minimum absolute atomic E-state index is 0.00539. The molecule has 3 rings (SSSR count). The van der Waals surface area contributed by atoms with Crippen LogP contribution < -0.4 is 0 Å². The highest BCUT2D eigenvalue weighted by atomic mass is 16.5. The van der Waals surface area contributed by atoms with Gasteiger partial charge in [-0.3, -0.25) is 0 Å². The molecule has 1 atom stereocenters. The summed E-state index contributed by atoms with van der Waals surface area (Å²) < 4.78 is 8.13. The van der Waals surface area contributed by atoms with Gasteiger partial charge in [0, 0.05) is 12.4 Å². The molecule has 0 bridgehead atoms. The van der Waals surface area contributed by atoms with E-state index in [1.54, 1.807) is 6.20 Å². The molecule has 0 saturated carbocycles. The molecular formula is C20H20N2O. The van der Waals surface area contributed by atoms with Gasteiger partial charge in [0.05, 0.1) is 19.5 Å². The van der Waals surface area contributed by atoms with Gasteiger partial charge >= 0.3 is 0 Å². The maximum absolute atomic E-state index is 6.09. The van der Waals surface area contributed by atoms with Crippen molar-refractivity contribution in [1.29, 1.82) is 0 Å². The van der Waals surface area contributed by atoms with Crippen molar-refractivity contribution in [3.8, 4) is 0 Å². The van der Waals surface area contributed by atoms with Gasteiger partial charge in [-0.25, -0.2) is 4.98 Å². The second kappa shape index (κ2) is 8.11. The Bertz CT molecular complexity index is 706. The van der Waals surface area contributed by atoms with Crippen molar-refractivity contribution in [1.82, 2.24) is 9.55 Å². The monoisotopic (exact) mass is 304 g/mol. The van der Waals surface area contributed by atoms with Gasteiger partial charge in [0.25, 0.3) is 0 Å². The highest BCUT2D eigenvalue weighted by Gasteiger charge is 2.11. The Balaban J connectivity index is 1.63. The number of hydrogen-bond acceptors (Lipinski definition) is 2. The van der Waals surface area contributed by atoms with E-state index >= 15 is 0 Å². The summed E-state index contributed by atoms with van der Waals surface area (Å²) in [7, 11) is 0. The number of nitrogens with zero attached hydrogens (tertiary/aromatic N) is 2. The third-order valence-electron chi connectivity index (χ3n) is 3.61. The first kappa shape index (κ1) is 15.3. The maximum atomic E-state index is 6.09. The summed E-state index contributed by atoms with van der Waals surface area (Å²) >= 11 is 0. The Labute approximate surface area is 136 Å². The summed E-state index contributed by atoms with van der Waals surface area (Å²) in [5.74, 6) is 0. The quantitative estimate of drug-likeness (QED) is 0.648. The predicted molar refractivity (Wildman–Crippen MR) is 92.8 cm³/mol. The van der Waals surface area contributed by atoms with Crippen molar-refractivity contribution in [2.45, 2.75) is 12.6 Å². The van der Waals surface area contributed by atoms with Crippen molar-refractivity contribution < 1.29 is 4.74 Å². The molecule has 0 saturated heterocycles. The van der Waals surface area contributed by atoms with Gasteiger partial charge in [-0.1, -0.05) is 72.8 Å². The van der Waals surface area contributed by atoms with Crippen LogP contribution >= 0.6 is 0 Å². The molecular weight excluding hydrogens is 284 g/mol. The lowest BCUT2D eigenvalue weighted by atomic mass is 10.1. The zero-order chi connectivity index (χ0) is 15.7. The highest BCUT2D eigenvalue weighted by Crippen LogP contribution is 2.19. The van der Waals surface area contributed by atoms with E-state index in [9.17, 15) is 0 Å². The molecule has 3 nitrogen and oxygen atoms in total. The van der Waals surface area contributed by atoms with Crippen LogP contribution in [0, 0.1) is 0 Å². The van der Waals surface area contributed by atoms with Crippen LogP contribution in [0.15, 0.2) is 85.5 Å². The second-order valence-electron chi connectivity index (χ2n) is 5.31. The van der Waals surface area contributed by atoms with E-state index in [0.717, 1.165) is 6.54 Å². The molecule has 0 fully saturated rings. The summed E-state index contributed by atoms with van der Waals surface area (Å²) in [5, 5.41) is 0. The molecule has 3 heteroatoms. The van der Waals surface area contributed by atoms with Crippen molar-refractivity contribution in [2.75, 3.05) is 6.61 Å². The van der Waals surface area contributed by atoms with E-state index in [2.05, 4.69) is 41.4 Å². The van der Waals surface area contributed by atoms with Gasteiger partial charge in [-0.05, 0) is 11.1 Å². The Morgan fingerprint density at radius 3 is 2.43 bits per heavy atom. The Morgan fingerprint density at radius 1 is 1.00 bits per heavy atom. The van der Waals surface area contributed by atoms with Gasteiger partial charge in [-0.2, -0.15) is 0 Å². The normalized spacial score (nSPS) is 12.5. The molecule has 0 spiro atoms. The topological polar surface area (TPSA) is 27.1 Å². The van der Waals surface area contributed by atoms with E-state index < -0.39 is 0 Å². The van der Waals surface area contributed by atoms with Crippen LogP contribution in [-0.2, 0) is 11.3 Å².